The second-order valence-corrected chi connectivity index (χ2v) is 15.0. The summed E-state index contributed by atoms with van der Waals surface area (Å²) in [7, 11) is 0. The van der Waals surface area contributed by atoms with E-state index in [0.717, 1.165) is 49.8 Å². The van der Waals surface area contributed by atoms with E-state index >= 15 is 0 Å². The van der Waals surface area contributed by atoms with Gasteiger partial charge in [-0.1, -0.05) is 164 Å². The van der Waals surface area contributed by atoms with E-state index < -0.39 is 0 Å². The van der Waals surface area contributed by atoms with Gasteiger partial charge in [0.15, 0.2) is 17.5 Å². The summed E-state index contributed by atoms with van der Waals surface area (Å²) in [6, 6.07) is 65.8. The van der Waals surface area contributed by atoms with E-state index in [1.54, 1.807) is 0 Å². The molecule has 0 saturated heterocycles. The lowest BCUT2D eigenvalue weighted by Crippen LogP contribution is -2.00. The first-order valence-corrected chi connectivity index (χ1v) is 19.5. The summed E-state index contributed by atoms with van der Waals surface area (Å²) < 4.78 is 8.59. The van der Waals surface area contributed by atoms with Crippen LogP contribution in [0.1, 0.15) is 0 Å². The SMILES string of the molecule is c1ccc(-c2ccc(-c3nc(-c4ccccc4)nc(-c4ccc5c(c4)sc4c(-c6ccccc6-c6ccc7oc8ccccc8c7c6)cccc45)n3)cc2)cc1. The third kappa shape index (κ3) is 5.56. The standard InChI is InChI=1S/C51H31N3OS/c1-3-12-32(13-4-1)33-22-24-35(25-23-33)50-52-49(34-14-5-2-6-15-34)53-51(54-50)37-26-28-41-43-20-11-19-42(48(43)56-47(41)31-37)39-17-8-7-16-38(39)36-27-29-46-44(30-36)40-18-9-10-21-45(40)55-46/h1-31H. The first-order chi connectivity index (χ1) is 27.7. The van der Waals surface area contributed by atoms with Gasteiger partial charge in [-0.25, -0.2) is 15.0 Å². The van der Waals surface area contributed by atoms with Gasteiger partial charge in [-0.3, -0.25) is 0 Å². The third-order valence-electron chi connectivity index (χ3n) is 10.6. The van der Waals surface area contributed by atoms with Crippen LogP contribution in [0.25, 0.3) is 110 Å². The van der Waals surface area contributed by atoms with Crippen LogP contribution in [0.3, 0.4) is 0 Å². The van der Waals surface area contributed by atoms with Crippen LogP contribution >= 0.6 is 11.3 Å². The fraction of sp³-hybridized carbons (Fsp3) is 0. The number of hydrogen-bond acceptors (Lipinski definition) is 5. The minimum Gasteiger partial charge on any atom is -0.456 e. The molecule has 0 bridgehead atoms. The quantitative estimate of drug-likeness (QED) is 0.171. The largest absolute Gasteiger partial charge is 0.456 e. The molecular weight excluding hydrogens is 703 g/mol. The van der Waals surface area contributed by atoms with Gasteiger partial charge in [0.1, 0.15) is 11.2 Å². The zero-order valence-electron chi connectivity index (χ0n) is 30.1. The molecule has 262 valence electrons. The van der Waals surface area contributed by atoms with Gasteiger partial charge in [0.25, 0.3) is 0 Å². The first kappa shape index (κ1) is 32.2. The summed E-state index contributed by atoms with van der Waals surface area (Å²) in [6.07, 6.45) is 0. The fourth-order valence-corrected chi connectivity index (χ4v) is 9.08. The highest BCUT2D eigenvalue weighted by Gasteiger charge is 2.18. The predicted molar refractivity (Wildman–Crippen MR) is 233 cm³/mol. The first-order valence-electron chi connectivity index (χ1n) is 18.7. The highest BCUT2D eigenvalue weighted by atomic mass is 32.1. The highest BCUT2D eigenvalue weighted by molar-refractivity contribution is 7.26. The smallest absolute Gasteiger partial charge is 0.164 e. The number of para-hydroxylation sites is 1. The van der Waals surface area contributed by atoms with Crippen LogP contribution in [0, 0.1) is 0 Å². The molecule has 0 radical (unpaired) electrons. The molecule has 0 N–H and O–H groups in total. The second-order valence-electron chi connectivity index (χ2n) is 14.0. The maximum Gasteiger partial charge on any atom is 0.164 e. The molecule has 56 heavy (non-hydrogen) atoms. The maximum absolute atomic E-state index is 6.16. The monoisotopic (exact) mass is 733 g/mol. The lowest BCUT2D eigenvalue weighted by Gasteiger charge is -2.11. The molecule has 0 fully saturated rings. The molecule has 0 unspecified atom stereocenters. The van der Waals surface area contributed by atoms with Gasteiger partial charge in [-0.05, 0) is 52.1 Å². The van der Waals surface area contributed by atoms with Crippen LogP contribution < -0.4 is 0 Å². The van der Waals surface area contributed by atoms with Crippen molar-refractivity contribution in [1.29, 1.82) is 0 Å². The molecular formula is C51H31N3OS. The molecule has 0 spiro atoms. The number of hydrogen-bond donors (Lipinski definition) is 0. The molecule has 0 aliphatic rings. The Morgan fingerprint density at radius 2 is 0.857 bits per heavy atom. The van der Waals surface area contributed by atoms with Crippen LogP contribution in [0.5, 0.6) is 0 Å². The van der Waals surface area contributed by atoms with E-state index in [4.69, 9.17) is 19.4 Å². The number of furan rings is 1. The Kier molecular flexibility index (Phi) is 7.64. The Labute approximate surface area is 327 Å². The molecule has 8 aromatic carbocycles. The molecule has 4 nitrogen and oxygen atoms in total. The van der Waals surface area contributed by atoms with Crippen molar-refractivity contribution < 1.29 is 4.42 Å². The third-order valence-corrected chi connectivity index (χ3v) is 11.8. The average Bonchev–Trinajstić information content (AvgIpc) is 3.85. The number of nitrogens with zero attached hydrogens (tertiary/aromatic N) is 3. The topological polar surface area (TPSA) is 51.8 Å². The molecule has 0 saturated carbocycles. The molecule has 0 amide bonds. The summed E-state index contributed by atoms with van der Waals surface area (Å²) in [5, 5.41) is 4.71. The average molecular weight is 734 g/mol. The number of benzene rings is 8. The Morgan fingerprint density at radius 1 is 0.321 bits per heavy atom. The molecule has 3 heterocycles. The van der Waals surface area contributed by atoms with Crippen molar-refractivity contribution in [2.24, 2.45) is 0 Å². The summed E-state index contributed by atoms with van der Waals surface area (Å²) in [5.74, 6) is 1.94. The van der Waals surface area contributed by atoms with Gasteiger partial charge >= 0.3 is 0 Å². The van der Waals surface area contributed by atoms with Crippen molar-refractivity contribution in [2.75, 3.05) is 0 Å². The van der Waals surface area contributed by atoms with Gasteiger partial charge in [0.2, 0.25) is 0 Å². The van der Waals surface area contributed by atoms with Crippen molar-refractivity contribution in [1.82, 2.24) is 15.0 Å². The van der Waals surface area contributed by atoms with Crippen LogP contribution in [-0.2, 0) is 0 Å². The number of aromatic nitrogens is 3. The number of fused-ring (bicyclic) bond motifs is 6. The summed E-state index contributed by atoms with van der Waals surface area (Å²) in [4.78, 5) is 15.1. The minimum absolute atomic E-state index is 0.644. The van der Waals surface area contributed by atoms with Crippen LogP contribution in [0.2, 0.25) is 0 Å². The van der Waals surface area contributed by atoms with E-state index in [0.29, 0.717) is 17.5 Å². The Balaban J connectivity index is 1.02. The molecule has 3 aromatic heterocycles. The highest BCUT2D eigenvalue weighted by Crippen LogP contribution is 2.44. The van der Waals surface area contributed by atoms with Crippen molar-refractivity contribution in [3.05, 3.63) is 188 Å². The summed E-state index contributed by atoms with van der Waals surface area (Å²) in [5.41, 5.74) is 11.7. The van der Waals surface area contributed by atoms with E-state index in [1.807, 2.05) is 59.9 Å². The lowest BCUT2D eigenvalue weighted by molar-refractivity contribution is 0.669. The molecule has 0 aliphatic heterocycles. The van der Waals surface area contributed by atoms with Crippen molar-refractivity contribution in [3.8, 4) is 67.5 Å². The second kappa shape index (κ2) is 13.3. The molecule has 11 aromatic rings. The Hall–Kier alpha value is -7.21. The van der Waals surface area contributed by atoms with Gasteiger partial charge in [0, 0.05) is 53.2 Å². The van der Waals surface area contributed by atoms with Crippen molar-refractivity contribution in [3.63, 3.8) is 0 Å². The van der Waals surface area contributed by atoms with Crippen LogP contribution in [0.15, 0.2) is 192 Å². The zero-order valence-corrected chi connectivity index (χ0v) is 30.9. The Morgan fingerprint density at radius 3 is 1.64 bits per heavy atom. The van der Waals surface area contributed by atoms with Gasteiger partial charge in [-0.2, -0.15) is 0 Å². The van der Waals surface area contributed by atoms with Crippen LogP contribution in [0.4, 0.5) is 0 Å². The van der Waals surface area contributed by atoms with Crippen LogP contribution in [-0.4, -0.2) is 15.0 Å². The normalized spacial score (nSPS) is 11.6. The van der Waals surface area contributed by atoms with Gasteiger partial charge in [0.05, 0.1) is 0 Å². The maximum atomic E-state index is 6.16. The fourth-order valence-electron chi connectivity index (χ4n) is 7.81. The minimum atomic E-state index is 0.644. The summed E-state index contributed by atoms with van der Waals surface area (Å²) >= 11 is 1.82. The predicted octanol–water partition coefficient (Wildman–Crippen LogP) is 14.1. The molecule has 0 aliphatic carbocycles. The van der Waals surface area contributed by atoms with E-state index in [-0.39, 0.29) is 0 Å². The zero-order chi connectivity index (χ0) is 37.0. The molecule has 5 heteroatoms. The van der Waals surface area contributed by atoms with E-state index in [1.165, 1.54) is 42.4 Å². The van der Waals surface area contributed by atoms with Gasteiger partial charge in [-0.15, -0.1) is 11.3 Å². The Bertz CT molecular complexity index is 3240. The van der Waals surface area contributed by atoms with Crippen molar-refractivity contribution >= 4 is 53.4 Å². The van der Waals surface area contributed by atoms with Gasteiger partial charge < -0.3 is 4.42 Å². The number of thiophene rings is 1. The van der Waals surface area contributed by atoms with E-state index in [9.17, 15) is 0 Å². The lowest BCUT2D eigenvalue weighted by atomic mass is 9.93. The summed E-state index contributed by atoms with van der Waals surface area (Å²) in [6.45, 7) is 0. The van der Waals surface area contributed by atoms with Crippen molar-refractivity contribution in [2.45, 2.75) is 0 Å². The molecule has 0 atom stereocenters. The number of rotatable bonds is 6. The molecule has 11 rings (SSSR count). The van der Waals surface area contributed by atoms with E-state index in [2.05, 4.69) is 140 Å².